The van der Waals surface area contributed by atoms with E-state index < -0.39 is 10.0 Å². The first-order valence-electron chi connectivity index (χ1n) is 6.35. The number of benzene rings is 1. The lowest BCUT2D eigenvalue weighted by Crippen LogP contribution is -2.38. The van der Waals surface area contributed by atoms with E-state index in [0.29, 0.717) is 5.56 Å². The lowest BCUT2D eigenvalue weighted by Gasteiger charge is -2.25. The van der Waals surface area contributed by atoms with Gasteiger partial charge in [0, 0.05) is 18.2 Å². The summed E-state index contributed by atoms with van der Waals surface area (Å²) in [5.41, 5.74) is 5.90. The Balaban J connectivity index is 3.20. The van der Waals surface area contributed by atoms with Crippen molar-refractivity contribution >= 4 is 10.0 Å². The van der Waals surface area contributed by atoms with E-state index in [1.165, 1.54) is 16.4 Å². The maximum absolute atomic E-state index is 12.5. The van der Waals surface area contributed by atoms with Crippen molar-refractivity contribution in [1.82, 2.24) is 4.31 Å². The Bertz CT molecular complexity index is 600. The molecule has 0 atom stereocenters. The summed E-state index contributed by atoms with van der Waals surface area (Å²) in [5, 5.41) is 9.02. The molecule has 0 aliphatic carbocycles. The third kappa shape index (κ3) is 4.05. The van der Waals surface area contributed by atoms with Gasteiger partial charge in [0.2, 0.25) is 10.0 Å². The average Bonchev–Trinajstić information content (AvgIpc) is 2.42. The fourth-order valence-electron chi connectivity index (χ4n) is 1.78. The Morgan fingerprint density at radius 3 is 2.65 bits per heavy atom. The maximum Gasteiger partial charge on any atom is 0.243 e. The number of rotatable bonds is 5. The van der Waals surface area contributed by atoms with Gasteiger partial charge in [-0.3, -0.25) is 0 Å². The molecule has 0 unspecified atom stereocenters. The zero-order valence-corrected chi connectivity index (χ0v) is 12.5. The fraction of sp³-hybridized carbons (Fsp3) is 0.429. The van der Waals surface area contributed by atoms with E-state index in [2.05, 4.69) is 11.8 Å². The Morgan fingerprint density at radius 2 is 2.10 bits per heavy atom. The van der Waals surface area contributed by atoms with E-state index in [-0.39, 0.29) is 30.6 Å². The molecule has 0 fully saturated rings. The molecule has 0 saturated heterocycles. The lowest BCUT2D eigenvalue weighted by molar-refractivity contribution is 0.236. The molecule has 0 aromatic heterocycles. The first-order valence-corrected chi connectivity index (χ1v) is 7.79. The Kier molecular flexibility index (Phi) is 6.17. The number of hydrogen-bond donors (Lipinski definition) is 2. The first-order chi connectivity index (χ1) is 9.43. The second kappa shape index (κ2) is 7.41. The van der Waals surface area contributed by atoms with Crippen LogP contribution in [0.25, 0.3) is 0 Å². The molecule has 0 saturated carbocycles. The summed E-state index contributed by atoms with van der Waals surface area (Å²) < 4.78 is 26.3. The van der Waals surface area contributed by atoms with Gasteiger partial charge in [-0.25, -0.2) is 8.42 Å². The molecular formula is C14H20N2O3S. The maximum atomic E-state index is 12.5. The predicted molar refractivity (Wildman–Crippen MR) is 78.5 cm³/mol. The normalized spacial score (nSPS) is 11.5. The van der Waals surface area contributed by atoms with E-state index >= 15 is 0 Å². The summed E-state index contributed by atoms with van der Waals surface area (Å²) in [6.45, 7) is 3.61. The van der Waals surface area contributed by atoms with Gasteiger partial charge >= 0.3 is 0 Å². The minimum Gasteiger partial charge on any atom is -0.395 e. The van der Waals surface area contributed by atoms with E-state index in [1.807, 2.05) is 0 Å². The Labute approximate surface area is 120 Å². The van der Waals surface area contributed by atoms with Crippen LogP contribution in [0.3, 0.4) is 0 Å². The highest BCUT2D eigenvalue weighted by Gasteiger charge is 2.26. The molecule has 0 amide bonds. The largest absolute Gasteiger partial charge is 0.395 e. The van der Waals surface area contributed by atoms with Crippen LogP contribution in [0.2, 0.25) is 0 Å². The molecule has 0 spiro atoms. The van der Waals surface area contributed by atoms with Crippen molar-refractivity contribution in [2.45, 2.75) is 24.8 Å². The van der Waals surface area contributed by atoms with Crippen LogP contribution in [0.1, 0.15) is 19.4 Å². The summed E-state index contributed by atoms with van der Waals surface area (Å²) in [6.07, 6.45) is 0. The van der Waals surface area contributed by atoms with Gasteiger partial charge in [-0.2, -0.15) is 4.31 Å². The van der Waals surface area contributed by atoms with Gasteiger partial charge in [-0.1, -0.05) is 17.9 Å². The summed E-state index contributed by atoms with van der Waals surface area (Å²) in [4.78, 5) is 0.170. The van der Waals surface area contributed by atoms with Crippen LogP contribution in [-0.4, -0.2) is 43.6 Å². The van der Waals surface area contributed by atoms with Gasteiger partial charge in [0.15, 0.2) is 0 Å². The smallest absolute Gasteiger partial charge is 0.243 e. The van der Waals surface area contributed by atoms with Crippen LogP contribution >= 0.6 is 0 Å². The van der Waals surface area contributed by atoms with Gasteiger partial charge in [0.1, 0.15) is 0 Å². The number of aliphatic hydroxyl groups excluding tert-OH is 1. The van der Waals surface area contributed by atoms with Crippen molar-refractivity contribution in [3.8, 4) is 11.8 Å². The summed E-state index contributed by atoms with van der Waals surface area (Å²) in [7, 11) is -3.64. The molecule has 1 aromatic rings. The van der Waals surface area contributed by atoms with Gasteiger partial charge in [-0.05, 0) is 32.0 Å². The number of sulfonamides is 1. The van der Waals surface area contributed by atoms with Crippen LogP contribution in [-0.2, 0) is 10.0 Å². The molecule has 20 heavy (non-hydrogen) atoms. The van der Waals surface area contributed by atoms with E-state index in [1.54, 1.807) is 26.0 Å². The molecule has 0 aliphatic heterocycles. The highest BCUT2D eigenvalue weighted by molar-refractivity contribution is 7.89. The highest BCUT2D eigenvalue weighted by Crippen LogP contribution is 2.18. The van der Waals surface area contributed by atoms with E-state index in [0.717, 1.165) is 0 Å². The Morgan fingerprint density at radius 1 is 1.40 bits per heavy atom. The van der Waals surface area contributed by atoms with Crippen molar-refractivity contribution in [3.63, 3.8) is 0 Å². The van der Waals surface area contributed by atoms with Gasteiger partial charge in [0.25, 0.3) is 0 Å². The molecule has 0 aliphatic rings. The van der Waals surface area contributed by atoms with Crippen LogP contribution in [0.15, 0.2) is 29.2 Å². The SMILES string of the molecule is CC(C)N(CCO)S(=O)(=O)c1cccc(C#CCN)c1. The highest BCUT2D eigenvalue weighted by atomic mass is 32.2. The van der Waals surface area contributed by atoms with Crippen molar-refractivity contribution < 1.29 is 13.5 Å². The number of nitrogens with zero attached hydrogens (tertiary/aromatic N) is 1. The standard InChI is InChI=1S/C14H20N2O3S/c1-12(2)16(9-10-17)20(18,19)14-7-3-5-13(11-14)6-4-8-15/h3,5,7,11-12,17H,8-10,15H2,1-2H3. The molecule has 0 heterocycles. The van der Waals surface area contributed by atoms with E-state index in [4.69, 9.17) is 10.8 Å². The van der Waals surface area contributed by atoms with Gasteiger partial charge < -0.3 is 10.8 Å². The lowest BCUT2D eigenvalue weighted by atomic mass is 10.2. The van der Waals surface area contributed by atoms with Crippen molar-refractivity contribution in [1.29, 1.82) is 0 Å². The summed E-state index contributed by atoms with van der Waals surface area (Å²) in [5.74, 6) is 5.50. The third-order valence-corrected chi connectivity index (χ3v) is 4.74. The molecule has 1 rings (SSSR count). The molecule has 5 nitrogen and oxygen atoms in total. The first kappa shape index (κ1) is 16.7. The van der Waals surface area contributed by atoms with Crippen molar-refractivity contribution in [2.75, 3.05) is 19.7 Å². The monoisotopic (exact) mass is 296 g/mol. The number of nitrogens with two attached hydrogens (primary N) is 1. The minimum atomic E-state index is -3.64. The Hall–Kier alpha value is -1.39. The van der Waals surface area contributed by atoms with E-state index in [9.17, 15) is 8.42 Å². The molecule has 1 aromatic carbocycles. The second-order valence-electron chi connectivity index (χ2n) is 4.47. The minimum absolute atomic E-state index is 0.0682. The third-order valence-electron chi connectivity index (χ3n) is 2.67. The quantitative estimate of drug-likeness (QED) is 0.770. The molecule has 6 heteroatoms. The molecule has 110 valence electrons. The average molecular weight is 296 g/mol. The zero-order valence-electron chi connectivity index (χ0n) is 11.7. The topological polar surface area (TPSA) is 83.6 Å². The van der Waals surface area contributed by atoms with Crippen LogP contribution in [0, 0.1) is 11.8 Å². The second-order valence-corrected chi connectivity index (χ2v) is 6.36. The predicted octanol–water partition coefficient (Wildman–Crippen LogP) is 0.388. The number of aliphatic hydroxyl groups is 1. The number of hydrogen-bond acceptors (Lipinski definition) is 4. The molecular weight excluding hydrogens is 276 g/mol. The van der Waals surface area contributed by atoms with Crippen LogP contribution < -0.4 is 5.73 Å². The van der Waals surface area contributed by atoms with Crippen molar-refractivity contribution in [2.24, 2.45) is 5.73 Å². The summed E-state index contributed by atoms with van der Waals surface area (Å²) in [6, 6.07) is 6.18. The summed E-state index contributed by atoms with van der Waals surface area (Å²) >= 11 is 0. The fourth-order valence-corrected chi connectivity index (χ4v) is 3.45. The van der Waals surface area contributed by atoms with Gasteiger partial charge in [-0.15, -0.1) is 0 Å². The van der Waals surface area contributed by atoms with Gasteiger partial charge in [0.05, 0.1) is 18.0 Å². The molecule has 0 bridgehead atoms. The molecule has 0 radical (unpaired) electrons. The van der Waals surface area contributed by atoms with Crippen molar-refractivity contribution in [3.05, 3.63) is 29.8 Å². The zero-order chi connectivity index (χ0) is 15.2. The molecule has 3 N–H and O–H groups in total. The van der Waals surface area contributed by atoms with Crippen LogP contribution in [0.4, 0.5) is 0 Å². The van der Waals surface area contributed by atoms with Crippen LogP contribution in [0.5, 0.6) is 0 Å².